The molecule has 32 heavy (non-hydrogen) atoms. The highest BCUT2D eigenvalue weighted by Gasteiger charge is 2.43. The summed E-state index contributed by atoms with van der Waals surface area (Å²) in [6.07, 6.45) is 0. The van der Waals surface area contributed by atoms with Gasteiger partial charge in [0.05, 0.1) is 17.0 Å². The molecule has 1 atom stereocenters. The summed E-state index contributed by atoms with van der Waals surface area (Å²) in [4.78, 5) is 28.9. The molecule has 1 aliphatic rings. The number of hydrogen-bond acceptors (Lipinski definition) is 3. The van der Waals surface area contributed by atoms with Crippen molar-refractivity contribution in [2.75, 3.05) is 0 Å². The molecule has 0 bridgehead atoms. The molecule has 0 fully saturated rings. The molecule has 6 heteroatoms. The van der Waals surface area contributed by atoms with Crippen LogP contribution in [0.3, 0.4) is 0 Å². The van der Waals surface area contributed by atoms with Gasteiger partial charge in [0.2, 0.25) is 5.76 Å². The van der Waals surface area contributed by atoms with Gasteiger partial charge in [-0.1, -0.05) is 59.6 Å². The number of benzene rings is 3. The summed E-state index contributed by atoms with van der Waals surface area (Å²) < 4.78 is 6.08. The van der Waals surface area contributed by atoms with Crippen LogP contribution >= 0.6 is 23.2 Å². The van der Waals surface area contributed by atoms with Crippen LogP contribution < -0.4 is 5.43 Å². The smallest absolute Gasteiger partial charge is 0.291 e. The minimum absolute atomic E-state index is 0.0829. The van der Waals surface area contributed by atoms with E-state index in [9.17, 15) is 9.59 Å². The molecule has 0 aliphatic carbocycles. The van der Waals surface area contributed by atoms with Gasteiger partial charge in [-0.05, 0) is 60.4 Å². The van der Waals surface area contributed by atoms with Crippen LogP contribution in [0.5, 0.6) is 0 Å². The van der Waals surface area contributed by atoms with E-state index in [1.165, 1.54) is 0 Å². The van der Waals surface area contributed by atoms with Crippen molar-refractivity contribution in [1.29, 1.82) is 0 Å². The second kappa shape index (κ2) is 7.80. The van der Waals surface area contributed by atoms with Gasteiger partial charge in [-0.25, -0.2) is 0 Å². The first-order valence-corrected chi connectivity index (χ1v) is 11.0. The molecule has 4 nitrogen and oxygen atoms in total. The highest BCUT2D eigenvalue weighted by Crippen LogP contribution is 2.40. The number of rotatable bonds is 3. The van der Waals surface area contributed by atoms with Gasteiger partial charge < -0.3 is 9.32 Å². The largest absolute Gasteiger partial charge is 0.450 e. The van der Waals surface area contributed by atoms with Gasteiger partial charge in [0.15, 0.2) is 5.43 Å². The van der Waals surface area contributed by atoms with Crippen LogP contribution in [-0.4, -0.2) is 10.8 Å². The molecule has 1 unspecified atom stereocenters. The first kappa shape index (κ1) is 20.8. The highest BCUT2D eigenvalue weighted by molar-refractivity contribution is 6.31. The fourth-order valence-electron chi connectivity index (χ4n) is 4.48. The first-order valence-electron chi connectivity index (χ1n) is 10.2. The molecule has 3 aromatic carbocycles. The molecule has 1 aliphatic heterocycles. The molecule has 0 spiro atoms. The van der Waals surface area contributed by atoms with E-state index in [2.05, 4.69) is 0 Å². The van der Waals surface area contributed by atoms with Crippen LogP contribution in [0.1, 0.15) is 44.4 Å². The quantitative estimate of drug-likeness (QED) is 0.350. The Hall–Kier alpha value is -3.08. The number of hydrogen-bond donors (Lipinski definition) is 0. The maximum atomic E-state index is 13.7. The van der Waals surface area contributed by atoms with Crippen molar-refractivity contribution in [3.8, 4) is 0 Å². The average Bonchev–Trinajstić information content (AvgIpc) is 3.02. The van der Waals surface area contributed by atoms with E-state index in [4.69, 9.17) is 27.6 Å². The fraction of sp³-hybridized carbons (Fsp3) is 0.154. The van der Waals surface area contributed by atoms with E-state index in [1.54, 1.807) is 29.2 Å². The van der Waals surface area contributed by atoms with Crippen molar-refractivity contribution in [2.45, 2.75) is 26.4 Å². The number of fused-ring (bicyclic) bond motifs is 2. The van der Waals surface area contributed by atoms with Gasteiger partial charge in [-0.2, -0.15) is 0 Å². The van der Waals surface area contributed by atoms with Crippen LogP contribution in [0, 0.1) is 13.8 Å². The third-order valence-electron chi connectivity index (χ3n) is 5.90. The zero-order chi connectivity index (χ0) is 22.6. The highest BCUT2D eigenvalue weighted by atomic mass is 35.5. The molecule has 1 amide bonds. The lowest BCUT2D eigenvalue weighted by Gasteiger charge is -2.25. The predicted molar refractivity (Wildman–Crippen MR) is 127 cm³/mol. The lowest BCUT2D eigenvalue weighted by Crippen LogP contribution is -2.29. The molecule has 160 valence electrons. The third-order valence-corrected chi connectivity index (χ3v) is 6.52. The van der Waals surface area contributed by atoms with Crippen LogP contribution in [-0.2, 0) is 6.54 Å². The molecule has 4 aromatic rings. The molecule has 0 radical (unpaired) electrons. The van der Waals surface area contributed by atoms with E-state index >= 15 is 0 Å². The zero-order valence-corrected chi connectivity index (χ0v) is 19.0. The molecule has 2 heterocycles. The van der Waals surface area contributed by atoms with Crippen molar-refractivity contribution < 1.29 is 9.21 Å². The normalized spacial score (nSPS) is 15.4. The number of nitrogens with zero attached hydrogens (tertiary/aromatic N) is 1. The molecule has 0 saturated heterocycles. The summed E-state index contributed by atoms with van der Waals surface area (Å²) in [5.41, 5.74) is 3.95. The van der Waals surface area contributed by atoms with Gasteiger partial charge in [0.25, 0.3) is 5.91 Å². The van der Waals surface area contributed by atoms with E-state index in [1.807, 2.05) is 50.2 Å². The number of amides is 1. The summed E-state index contributed by atoms with van der Waals surface area (Å²) in [5, 5.41) is 1.63. The second-order valence-electron chi connectivity index (χ2n) is 8.11. The Morgan fingerprint density at radius 1 is 0.969 bits per heavy atom. The SMILES string of the molecule is Cc1cc(C)c2c(=O)c3c(oc2c1)C(=O)N(Cc1ccccc1Cl)C3c1ccc(Cl)cc1. The minimum atomic E-state index is -0.604. The standard InChI is InChI=1S/C26H19Cl2NO3/c1-14-11-15(2)21-20(12-14)32-25-22(24(21)30)23(16-7-9-18(27)10-8-16)29(26(25)31)13-17-5-3-4-6-19(17)28/h3-12,23H,13H2,1-2H3. The van der Waals surface area contributed by atoms with Crippen LogP contribution in [0.25, 0.3) is 11.0 Å². The number of carbonyl (C=O) groups is 1. The number of aryl methyl sites for hydroxylation is 2. The fourth-order valence-corrected chi connectivity index (χ4v) is 4.80. The van der Waals surface area contributed by atoms with Crippen LogP contribution in [0.15, 0.2) is 69.9 Å². The number of halogens is 2. The van der Waals surface area contributed by atoms with Gasteiger partial charge in [0.1, 0.15) is 5.58 Å². The van der Waals surface area contributed by atoms with Gasteiger partial charge >= 0.3 is 0 Å². The summed E-state index contributed by atoms with van der Waals surface area (Å²) >= 11 is 12.5. The Morgan fingerprint density at radius 2 is 1.69 bits per heavy atom. The molecular formula is C26H19Cl2NO3. The molecule has 5 rings (SSSR count). The summed E-state index contributed by atoms with van der Waals surface area (Å²) in [5.74, 6) is -0.252. The Kier molecular flexibility index (Phi) is 5.07. The lowest BCUT2D eigenvalue weighted by atomic mass is 9.96. The van der Waals surface area contributed by atoms with Crippen molar-refractivity contribution in [3.63, 3.8) is 0 Å². The zero-order valence-electron chi connectivity index (χ0n) is 17.5. The van der Waals surface area contributed by atoms with E-state index in [0.717, 1.165) is 22.3 Å². The lowest BCUT2D eigenvalue weighted by molar-refractivity contribution is 0.0714. The molecule has 1 aromatic heterocycles. The first-order chi connectivity index (χ1) is 15.3. The minimum Gasteiger partial charge on any atom is -0.450 e. The van der Waals surface area contributed by atoms with Crippen LogP contribution in [0.4, 0.5) is 0 Å². The van der Waals surface area contributed by atoms with Gasteiger partial charge in [-0.3, -0.25) is 9.59 Å². The Bertz CT molecular complexity index is 1440. The Morgan fingerprint density at radius 3 is 2.41 bits per heavy atom. The third kappa shape index (κ3) is 3.31. The van der Waals surface area contributed by atoms with Gasteiger partial charge in [-0.15, -0.1) is 0 Å². The molecule has 0 saturated carbocycles. The maximum Gasteiger partial charge on any atom is 0.291 e. The maximum absolute atomic E-state index is 13.7. The Balaban J connectivity index is 1.76. The van der Waals surface area contributed by atoms with Crippen molar-refractivity contribution in [3.05, 3.63) is 115 Å². The summed E-state index contributed by atoms with van der Waals surface area (Å²) in [7, 11) is 0. The monoisotopic (exact) mass is 463 g/mol. The van der Waals surface area contributed by atoms with Crippen molar-refractivity contribution in [2.24, 2.45) is 0 Å². The molecular weight excluding hydrogens is 445 g/mol. The van der Waals surface area contributed by atoms with Gasteiger partial charge in [0, 0.05) is 16.6 Å². The van der Waals surface area contributed by atoms with Crippen molar-refractivity contribution in [1.82, 2.24) is 4.90 Å². The van der Waals surface area contributed by atoms with E-state index in [0.29, 0.717) is 26.6 Å². The van der Waals surface area contributed by atoms with Crippen molar-refractivity contribution >= 4 is 40.1 Å². The number of carbonyl (C=O) groups excluding carboxylic acids is 1. The summed E-state index contributed by atoms with van der Waals surface area (Å²) in [6, 6.07) is 17.7. The van der Waals surface area contributed by atoms with E-state index in [-0.39, 0.29) is 23.6 Å². The second-order valence-corrected chi connectivity index (χ2v) is 8.95. The summed E-state index contributed by atoms with van der Waals surface area (Å²) in [6.45, 7) is 4.06. The topological polar surface area (TPSA) is 50.5 Å². The van der Waals surface area contributed by atoms with Crippen LogP contribution in [0.2, 0.25) is 10.0 Å². The molecule has 0 N–H and O–H groups in total. The van der Waals surface area contributed by atoms with E-state index < -0.39 is 6.04 Å². The predicted octanol–water partition coefficient (Wildman–Crippen LogP) is 6.46. The average molecular weight is 464 g/mol. The Labute approximate surface area is 195 Å².